The molecule has 0 radical (unpaired) electrons. The lowest BCUT2D eigenvalue weighted by Gasteiger charge is -2.18. The summed E-state index contributed by atoms with van der Waals surface area (Å²) in [6.07, 6.45) is 3.25. The van der Waals surface area contributed by atoms with Crippen LogP contribution < -0.4 is 5.32 Å². The van der Waals surface area contributed by atoms with Crippen molar-refractivity contribution in [2.24, 2.45) is 0 Å². The standard InChI is InChI=1S/C15H26IN3S/c1-6-8-11-13(16)14(17-9-7-2)19-12(18-11)10-20-15(3,4)5/h6-10H2,1-5H3,(H,17,18,19). The van der Waals surface area contributed by atoms with E-state index in [-0.39, 0.29) is 4.75 Å². The lowest BCUT2D eigenvalue weighted by atomic mass is 10.2. The van der Waals surface area contributed by atoms with Crippen molar-refractivity contribution in [2.45, 2.75) is 64.4 Å². The van der Waals surface area contributed by atoms with Crippen LogP contribution in [-0.4, -0.2) is 21.3 Å². The Balaban J connectivity index is 2.95. The zero-order chi connectivity index (χ0) is 15.2. The first-order chi connectivity index (χ1) is 9.37. The van der Waals surface area contributed by atoms with Gasteiger partial charge in [0.05, 0.1) is 15.0 Å². The van der Waals surface area contributed by atoms with Gasteiger partial charge in [-0.05, 0) is 35.4 Å². The fraction of sp³-hybridized carbons (Fsp3) is 0.733. The quantitative estimate of drug-likeness (QED) is 0.654. The molecule has 3 nitrogen and oxygen atoms in total. The molecule has 1 aromatic heterocycles. The second-order valence-electron chi connectivity index (χ2n) is 5.83. The van der Waals surface area contributed by atoms with Crippen LogP contribution in [0, 0.1) is 3.57 Å². The molecule has 5 heteroatoms. The van der Waals surface area contributed by atoms with E-state index in [4.69, 9.17) is 9.97 Å². The average molecular weight is 407 g/mol. The third kappa shape index (κ3) is 6.16. The smallest absolute Gasteiger partial charge is 0.143 e. The zero-order valence-electron chi connectivity index (χ0n) is 13.2. The minimum atomic E-state index is 0.244. The van der Waals surface area contributed by atoms with Crippen molar-refractivity contribution in [1.29, 1.82) is 0 Å². The minimum Gasteiger partial charge on any atom is -0.369 e. The summed E-state index contributed by atoms with van der Waals surface area (Å²) in [5.74, 6) is 2.83. The Morgan fingerprint density at radius 1 is 1.15 bits per heavy atom. The predicted molar refractivity (Wildman–Crippen MR) is 98.6 cm³/mol. The molecule has 0 saturated carbocycles. The molecular weight excluding hydrogens is 381 g/mol. The van der Waals surface area contributed by atoms with Crippen molar-refractivity contribution in [3.8, 4) is 0 Å². The summed E-state index contributed by atoms with van der Waals surface area (Å²) in [6.45, 7) is 12.0. The molecule has 0 fully saturated rings. The summed E-state index contributed by atoms with van der Waals surface area (Å²) in [7, 11) is 0. The molecule has 0 aliphatic rings. The molecule has 20 heavy (non-hydrogen) atoms. The van der Waals surface area contributed by atoms with Gasteiger partial charge in [-0.25, -0.2) is 9.97 Å². The van der Waals surface area contributed by atoms with Crippen LogP contribution in [0.15, 0.2) is 0 Å². The highest BCUT2D eigenvalue weighted by Crippen LogP contribution is 2.28. The molecule has 0 atom stereocenters. The van der Waals surface area contributed by atoms with Gasteiger partial charge < -0.3 is 5.32 Å². The van der Waals surface area contributed by atoms with Gasteiger partial charge in [-0.15, -0.1) is 11.8 Å². The van der Waals surface area contributed by atoms with Gasteiger partial charge in [-0.2, -0.15) is 0 Å². The van der Waals surface area contributed by atoms with Crippen molar-refractivity contribution >= 4 is 40.2 Å². The van der Waals surface area contributed by atoms with Gasteiger partial charge in [-0.1, -0.05) is 41.0 Å². The number of aromatic nitrogens is 2. The van der Waals surface area contributed by atoms with E-state index in [2.05, 4.69) is 62.5 Å². The summed E-state index contributed by atoms with van der Waals surface area (Å²) in [6, 6.07) is 0. The molecule has 1 heterocycles. The monoisotopic (exact) mass is 407 g/mol. The summed E-state index contributed by atoms with van der Waals surface area (Å²) < 4.78 is 1.43. The van der Waals surface area contributed by atoms with Crippen LogP contribution in [0.1, 0.15) is 59.0 Å². The van der Waals surface area contributed by atoms with Crippen LogP contribution in [0.4, 0.5) is 5.82 Å². The van der Waals surface area contributed by atoms with E-state index in [9.17, 15) is 0 Å². The van der Waals surface area contributed by atoms with Crippen LogP contribution in [0.3, 0.4) is 0 Å². The Bertz CT molecular complexity index is 430. The largest absolute Gasteiger partial charge is 0.369 e. The van der Waals surface area contributed by atoms with E-state index >= 15 is 0 Å². The molecule has 0 saturated heterocycles. The minimum absolute atomic E-state index is 0.244. The Morgan fingerprint density at radius 2 is 1.85 bits per heavy atom. The molecule has 1 N–H and O–H groups in total. The second kappa shape index (κ2) is 8.41. The fourth-order valence-corrected chi connectivity index (χ4v) is 3.05. The number of nitrogens with zero attached hydrogens (tertiary/aromatic N) is 2. The molecule has 1 rings (SSSR count). The summed E-state index contributed by atoms with van der Waals surface area (Å²) in [5, 5.41) is 3.43. The van der Waals surface area contributed by atoms with E-state index in [1.807, 2.05) is 11.8 Å². The number of rotatable bonds is 7. The van der Waals surface area contributed by atoms with E-state index in [0.717, 1.165) is 43.2 Å². The van der Waals surface area contributed by atoms with Gasteiger partial charge in [0.25, 0.3) is 0 Å². The normalized spacial score (nSPS) is 11.7. The van der Waals surface area contributed by atoms with Crippen molar-refractivity contribution in [3.63, 3.8) is 0 Å². The Labute approximate surface area is 141 Å². The maximum atomic E-state index is 4.75. The van der Waals surface area contributed by atoms with E-state index in [1.165, 1.54) is 9.26 Å². The molecule has 0 amide bonds. The molecular formula is C15H26IN3S. The van der Waals surface area contributed by atoms with E-state index in [0.29, 0.717) is 0 Å². The summed E-state index contributed by atoms with van der Waals surface area (Å²) in [5.41, 5.74) is 1.19. The molecule has 0 unspecified atom stereocenters. The number of hydrogen-bond donors (Lipinski definition) is 1. The zero-order valence-corrected chi connectivity index (χ0v) is 16.2. The van der Waals surface area contributed by atoms with Crippen LogP contribution in [-0.2, 0) is 12.2 Å². The van der Waals surface area contributed by atoms with Gasteiger partial charge in [0.1, 0.15) is 11.6 Å². The molecule has 0 aromatic carbocycles. The lowest BCUT2D eigenvalue weighted by molar-refractivity contribution is 0.796. The second-order valence-corrected chi connectivity index (χ2v) is 8.71. The molecule has 0 spiro atoms. The number of hydrogen-bond acceptors (Lipinski definition) is 4. The van der Waals surface area contributed by atoms with Gasteiger partial charge in [0, 0.05) is 11.3 Å². The summed E-state index contributed by atoms with van der Waals surface area (Å²) in [4.78, 5) is 9.46. The summed E-state index contributed by atoms with van der Waals surface area (Å²) >= 11 is 4.27. The van der Waals surface area contributed by atoms with Crippen molar-refractivity contribution in [1.82, 2.24) is 9.97 Å². The maximum Gasteiger partial charge on any atom is 0.143 e. The van der Waals surface area contributed by atoms with Gasteiger partial charge >= 0.3 is 0 Å². The van der Waals surface area contributed by atoms with Crippen molar-refractivity contribution in [2.75, 3.05) is 11.9 Å². The van der Waals surface area contributed by atoms with Gasteiger partial charge in [-0.3, -0.25) is 0 Å². The predicted octanol–water partition coefficient (Wildman–Crippen LogP) is 4.89. The highest BCUT2D eigenvalue weighted by molar-refractivity contribution is 14.1. The van der Waals surface area contributed by atoms with Crippen LogP contribution in [0.25, 0.3) is 0 Å². The first-order valence-corrected chi connectivity index (χ1v) is 9.37. The Kier molecular flexibility index (Phi) is 7.58. The SMILES string of the molecule is CCCNc1nc(CSC(C)(C)C)nc(CCC)c1I. The molecule has 114 valence electrons. The Hall–Kier alpha value is -0.0400. The van der Waals surface area contributed by atoms with Gasteiger partial charge in [0.2, 0.25) is 0 Å². The van der Waals surface area contributed by atoms with E-state index < -0.39 is 0 Å². The first kappa shape index (κ1) is 18.0. The van der Waals surface area contributed by atoms with Crippen LogP contribution in [0.5, 0.6) is 0 Å². The highest BCUT2D eigenvalue weighted by atomic mass is 127. The van der Waals surface area contributed by atoms with Crippen molar-refractivity contribution in [3.05, 3.63) is 15.1 Å². The first-order valence-electron chi connectivity index (χ1n) is 7.30. The average Bonchev–Trinajstić information content (AvgIpc) is 2.37. The number of thioether (sulfide) groups is 1. The number of anilines is 1. The fourth-order valence-electron chi connectivity index (χ4n) is 1.65. The van der Waals surface area contributed by atoms with Crippen LogP contribution in [0.2, 0.25) is 0 Å². The Morgan fingerprint density at radius 3 is 2.40 bits per heavy atom. The maximum absolute atomic E-state index is 4.75. The molecule has 0 bridgehead atoms. The van der Waals surface area contributed by atoms with E-state index in [1.54, 1.807) is 0 Å². The topological polar surface area (TPSA) is 37.8 Å². The molecule has 0 aliphatic carbocycles. The third-order valence-electron chi connectivity index (χ3n) is 2.63. The number of nitrogens with one attached hydrogen (secondary N) is 1. The lowest BCUT2D eigenvalue weighted by Crippen LogP contribution is -2.12. The van der Waals surface area contributed by atoms with Crippen molar-refractivity contribution < 1.29 is 0 Å². The number of aryl methyl sites for hydroxylation is 1. The van der Waals surface area contributed by atoms with Crippen LogP contribution >= 0.6 is 34.4 Å². The molecule has 0 aliphatic heterocycles. The third-order valence-corrected chi connectivity index (χ3v) is 5.03. The highest BCUT2D eigenvalue weighted by Gasteiger charge is 2.15. The van der Waals surface area contributed by atoms with Gasteiger partial charge in [0.15, 0.2) is 0 Å². The molecule has 1 aromatic rings. The number of halogens is 1.